The van der Waals surface area contributed by atoms with E-state index < -0.39 is 11.6 Å². The van der Waals surface area contributed by atoms with E-state index in [-0.39, 0.29) is 45.3 Å². The third-order valence-corrected chi connectivity index (χ3v) is 9.61. The maximum atomic E-state index is 14.6. The summed E-state index contributed by atoms with van der Waals surface area (Å²) < 4.78 is 31.5. The van der Waals surface area contributed by atoms with Crippen molar-refractivity contribution in [3.8, 4) is 34.5 Å². The average Bonchev–Trinajstić information content (AvgIpc) is 3.14. The number of fused-ring (bicyclic) bond motifs is 2. The third-order valence-electron chi connectivity index (χ3n) is 9.61. The summed E-state index contributed by atoms with van der Waals surface area (Å²) in [6.45, 7) is 12.8. The number of phenols is 1. The van der Waals surface area contributed by atoms with E-state index in [2.05, 4.69) is 34.6 Å². The van der Waals surface area contributed by atoms with Crippen LogP contribution in [0.4, 0.5) is 0 Å². The number of rotatable bonds is 30. The van der Waals surface area contributed by atoms with Gasteiger partial charge in [-0.1, -0.05) is 131 Å². The monoisotopic (exact) mass is 724 g/mol. The summed E-state index contributed by atoms with van der Waals surface area (Å²) in [5, 5.41) is 11.7. The van der Waals surface area contributed by atoms with Crippen LogP contribution in [0.15, 0.2) is 12.1 Å². The normalized spacial score (nSPS) is 12.1. The molecular formula is C44H68O8. The Morgan fingerprint density at radius 1 is 0.404 bits per heavy atom. The van der Waals surface area contributed by atoms with Crippen LogP contribution >= 0.6 is 0 Å². The van der Waals surface area contributed by atoms with Crippen molar-refractivity contribution in [1.29, 1.82) is 0 Å². The maximum Gasteiger partial charge on any atom is 0.204 e. The Labute approximate surface area is 314 Å². The highest BCUT2D eigenvalue weighted by Gasteiger charge is 2.40. The Morgan fingerprint density at radius 3 is 1.15 bits per heavy atom. The highest BCUT2D eigenvalue weighted by atomic mass is 16.5. The second-order valence-corrected chi connectivity index (χ2v) is 14.1. The summed E-state index contributed by atoms with van der Waals surface area (Å²) in [5.74, 6) is 0.132. The molecule has 0 fully saturated rings. The van der Waals surface area contributed by atoms with Crippen LogP contribution in [0.3, 0.4) is 0 Å². The molecule has 0 saturated heterocycles. The van der Waals surface area contributed by atoms with Gasteiger partial charge < -0.3 is 28.8 Å². The predicted molar refractivity (Wildman–Crippen MR) is 210 cm³/mol. The molecule has 1 aliphatic rings. The summed E-state index contributed by atoms with van der Waals surface area (Å²) in [4.78, 5) is 29.2. The topological polar surface area (TPSA) is 101 Å². The SMILES string of the molecule is CCCCCCOc1cc2c(c(O)c1OCCCCCC)C(=O)c1cc(OCCCCCC)c(OCCCCCC)c(OCCCCCC)c1C2=O. The molecule has 0 spiro atoms. The lowest BCUT2D eigenvalue weighted by atomic mass is 9.82. The minimum atomic E-state index is -0.478. The zero-order chi connectivity index (χ0) is 37.6. The van der Waals surface area contributed by atoms with Crippen molar-refractivity contribution in [2.45, 2.75) is 163 Å². The number of carbonyl (C=O) groups excluding carboxylic acids is 2. The molecule has 2 aromatic rings. The molecule has 1 N–H and O–H groups in total. The highest BCUT2D eigenvalue weighted by molar-refractivity contribution is 6.31. The average molecular weight is 725 g/mol. The van der Waals surface area contributed by atoms with Gasteiger partial charge in [0.2, 0.25) is 11.5 Å². The first kappa shape index (κ1) is 43.0. The summed E-state index contributed by atoms with van der Waals surface area (Å²) in [6.07, 6.45) is 20.1. The van der Waals surface area contributed by atoms with Crippen molar-refractivity contribution < 1.29 is 38.4 Å². The van der Waals surface area contributed by atoms with Crippen molar-refractivity contribution in [2.24, 2.45) is 0 Å². The van der Waals surface area contributed by atoms with Crippen LogP contribution in [0.5, 0.6) is 34.5 Å². The molecule has 0 radical (unpaired) electrons. The Morgan fingerprint density at radius 2 is 0.731 bits per heavy atom. The number of benzene rings is 2. The van der Waals surface area contributed by atoms with Crippen LogP contribution in [0, 0.1) is 0 Å². The van der Waals surface area contributed by atoms with Crippen molar-refractivity contribution in [1.82, 2.24) is 0 Å². The number of carbonyl (C=O) groups is 2. The summed E-state index contributed by atoms with van der Waals surface area (Å²) in [7, 11) is 0. The van der Waals surface area contributed by atoms with Gasteiger partial charge in [0, 0.05) is 11.1 Å². The van der Waals surface area contributed by atoms with Crippen molar-refractivity contribution in [3.05, 3.63) is 34.4 Å². The molecule has 0 aromatic heterocycles. The number of hydrogen-bond donors (Lipinski definition) is 1. The quantitative estimate of drug-likeness (QED) is 0.0678. The van der Waals surface area contributed by atoms with Gasteiger partial charge in [-0.3, -0.25) is 9.59 Å². The number of hydrogen-bond acceptors (Lipinski definition) is 8. The van der Waals surface area contributed by atoms with Gasteiger partial charge in [0.1, 0.15) is 0 Å². The van der Waals surface area contributed by atoms with Crippen LogP contribution in [0.2, 0.25) is 0 Å². The van der Waals surface area contributed by atoms with Crippen LogP contribution in [-0.4, -0.2) is 49.7 Å². The second-order valence-electron chi connectivity index (χ2n) is 14.1. The van der Waals surface area contributed by atoms with E-state index in [0.29, 0.717) is 44.5 Å². The second kappa shape index (κ2) is 24.8. The molecule has 0 aliphatic heterocycles. The van der Waals surface area contributed by atoms with Crippen LogP contribution in [-0.2, 0) is 0 Å². The van der Waals surface area contributed by atoms with E-state index >= 15 is 0 Å². The molecule has 3 rings (SSSR count). The van der Waals surface area contributed by atoms with Crippen molar-refractivity contribution in [3.63, 3.8) is 0 Å². The molecule has 0 bridgehead atoms. The lowest BCUT2D eigenvalue weighted by Crippen LogP contribution is -2.24. The Balaban J connectivity index is 2.12. The molecular weight excluding hydrogens is 656 g/mol. The van der Waals surface area contributed by atoms with Crippen molar-refractivity contribution >= 4 is 11.6 Å². The fraction of sp³-hybridized carbons (Fsp3) is 0.682. The fourth-order valence-corrected chi connectivity index (χ4v) is 6.49. The van der Waals surface area contributed by atoms with E-state index in [4.69, 9.17) is 23.7 Å². The first-order valence-electron chi connectivity index (χ1n) is 20.8. The molecule has 2 aromatic carbocycles. The molecule has 0 saturated carbocycles. The van der Waals surface area contributed by atoms with E-state index in [1.54, 1.807) is 12.1 Å². The molecule has 1 aliphatic carbocycles. The van der Waals surface area contributed by atoms with Gasteiger partial charge in [-0.05, 0) is 44.2 Å². The van der Waals surface area contributed by atoms with E-state index in [0.717, 1.165) is 128 Å². The molecule has 0 atom stereocenters. The predicted octanol–water partition coefficient (Wildman–Crippen LogP) is 12.0. The van der Waals surface area contributed by atoms with Gasteiger partial charge in [0.25, 0.3) is 0 Å². The largest absolute Gasteiger partial charge is 0.504 e. The lowest BCUT2D eigenvalue weighted by Gasteiger charge is -2.26. The van der Waals surface area contributed by atoms with Crippen LogP contribution < -0.4 is 23.7 Å². The zero-order valence-corrected chi connectivity index (χ0v) is 33.1. The van der Waals surface area contributed by atoms with E-state index in [1.807, 2.05) is 0 Å². The smallest absolute Gasteiger partial charge is 0.204 e. The molecule has 0 unspecified atom stereocenters. The van der Waals surface area contributed by atoms with Gasteiger partial charge in [-0.15, -0.1) is 0 Å². The molecule has 0 amide bonds. The Kier molecular flexibility index (Phi) is 20.5. The molecule has 8 nitrogen and oxygen atoms in total. The van der Waals surface area contributed by atoms with Gasteiger partial charge in [-0.25, -0.2) is 0 Å². The zero-order valence-electron chi connectivity index (χ0n) is 33.1. The summed E-state index contributed by atoms with van der Waals surface area (Å²) in [6, 6.07) is 3.19. The molecule has 8 heteroatoms. The summed E-state index contributed by atoms with van der Waals surface area (Å²) >= 11 is 0. The minimum Gasteiger partial charge on any atom is -0.504 e. The maximum absolute atomic E-state index is 14.6. The summed E-state index contributed by atoms with van der Waals surface area (Å²) in [5.41, 5.74) is 0.294. The highest BCUT2D eigenvalue weighted by Crippen LogP contribution is 2.50. The van der Waals surface area contributed by atoms with Gasteiger partial charge >= 0.3 is 0 Å². The molecule has 52 heavy (non-hydrogen) atoms. The van der Waals surface area contributed by atoms with Gasteiger partial charge in [0.05, 0.1) is 44.2 Å². The lowest BCUT2D eigenvalue weighted by molar-refractivity contribution is 0.0969. The van der Waals surface area contributed by atoms with E-state index in [1.165, 1.54) is 0 Å². The fourth-order valence-electron chi connectivity index (χ4n) is 6.49. The number of ether oxygens (including phenoxy) is 5. The molecule has 292 valence electrons. The number of aromatic hydroxyl groups is 1. The van der Waals surface area contributed by atoms with Crippen LogP contribution in [0.1, 0.15) is 195 Å². The van der Waals surface area contributed by atoms with Crippen LogP contribution in [0.25, 0.3) is 0 Å². The van der Waals surface area contributed by atoms with Gasteiger partial charge in [-0.2, -0.15) is 0 Å². The standard InChI is InChI=1S/C44H68O8/c1-6-11-16-21-26-48-35-31-33-37(41(47)42(35)50-28-23-18-13-8-3)39(45)34-32-36(49-27-22-17-12-7-2)43(51-29-24-19-14-9-4)44(38(34)40(33)46)52-30-25-20-15-10-5/h31-32,47H,6-30H2,1-5H3. The Bertz CT molecular complexity index is 1370. The first-order chi connectivity index (χ1) is 25.4. The van der Waals surface area contributed by atoms with E-state index in [9.17, 15) is 14.7 Å². The number of unbranched alkanes of at least 4 members (excludes halogenated alkanes) is 15. The Hall–Kier alpha value is -3.42. The number of phenolic OH excluding ortho intramolecular Hbond substituents is 1. The minimum absolute atomic E-state index is 0.0737. The van der Waals surface area contributed by atoms with Gasteiger partial charge in [0.15, 0.2) is 34.6 Å². The molecule has 0 heterocycles. The van der Waals surface area contributed by atoms with Crippen molar-refractivity contribution in [2.75, 3.05) is 33.0 Å². The number of ketones is 2. The third kappa shape index (κ3) is 12.6. The first-order valence-corrected chi connectivity index (χ1v) is 20.8.